The van der Waals surface area contributed by atoms with E-state index in [1.165, 1.54) is 18.2 Å². The molecule has 0 aliphatic carbocycles. The number of nitrogens with zero attached hydrogens (tertiary/aromatic N) is 1. The second kappa shape index (κ2) is 6.42. The standard InChI is InChI=1S/C18H14FN3O2S/c1-12-18(10-17(21-12)14-5-3-2-4-6-14)25(23,24)22-16-8-7-13(11-20)9-15(16)19/h2-10,21-22H,1H3. The Balaban J connectivity index is 1.96. The molecule has 1 heterocycles. The van der Waals surface area contributed by atoms with Crippen LogP contribution in [0.25, 0.3) is 11.3 Å². The number of aryl methyl sites for hydroxylation is 1. The molecule has 25 heavy (non-hydrogen) atoms. The lowest BCUT2D eigenvalue weighted by molar-refractivity contribution is 0.598. The van der Waals surface area contributed by atoms with E-state index in [1.54, 1.807) is 13.0 Å². The zero-order chi connectivity index (χ0) is 18.0. The molecule has 0 radical (unpaired) electrons. The number of aromatic nitrogens is 1. The van der Waals surface area contributed by atoms with Crippen LogP contribution in [0.4, 0.5) is 10.1 Å². The van der Waals surface area contributed by atoms with E-state index in [0.29, 0.717) is 11.4 Å². The summed E-state index contributed by atoms with van der Waals surface area (Å²) in [5, 5.41) is 8.75. The van der Waals surface area contributed by atoms with Gasteiger partial charge in [-0.25, -0.2) is 12.8 Å². The Labute approximate surface area is 144 Å². The van der Waals surface area contributed by atoms with Crippen molar-refractivity contribution in [2.24, 2.45) is 0 Å². The van der Waals surface area contributed by atoms with Gasteiger partial charge in [0, 0.05) is 11.4 Å². The van der Waals surface area contributed by atoms with Crippen molar-refractivity contribution < 1.29 is 12.8 Å². The lowest BCUT2D eigenvalue weighted by Crippen LogP contribution is -2.14. The van der Waals surface area contributed by atoms with E-state index in [9.17, 15) is 12.8 Å². The SMILES string of the molecule is Cc1[nH]c(-c2ccccc2)cc1S(=O)(=O)Nc1ccc(C#N)cc1F. The molecule has 2 aromatic carbocycles. The van der Waals surface area contributed by atoms with Crippen molar-refractivity contribution in [3.63, 3.8) is 0 Å². The molecule has 0 atom stereocenters. The van der Waals surface area contributed by atoms with Crippen molar-refractivity contribution >= 4 is 15.7 Å². The van der Waals surface area contributed by atoms with Crippen molar-refractivity contribution in [3.8, 4) is 17.3 Å². The number of hydrogen-bond donors (Lipinski definition) is 2. The first kappa shape index (κ1) is 16.7. The van der Waals surface area contributed by atoms with Crippen molar-refractivity contribution in [1.29, 1.82) is 5.26 Å². The maximum Gasteiger partial charge on any atom is 0.263 e. The highest BCUT2D eigenvalue weighted by Crippen LogP contribution is 2.27. The molecule has 0 fully saturated rings. The summed E-state index contributed by atoms with van der Waals surface area (Å²) in [6.07, 6.45) is 0. The topological polar surface area (TPSA) is 85.8 Å². The van der Waals surface area contributed by atoms with Gasteiger partial charge in [-0.3, -0.25) is 4.72 Å². The predicted octanol–water partition coefficient (Wildman–Crippen LogP) is 3.80. The van der Waals surface area contributed by atoms with Gasteiger partial charge in [-0.15, -0.1) is 0 Å². The molecule has 0 aliphatic heterocycles. The van der Waals surface area contributed by atoms with Crippen LogP contribution >= 0.6 is 0 Å². The Hall–Kier alpha value is -3.11. The van der Waals surface area contributed by atoms with Crippen molar-refractivity contribution in [3.05, 3.63) is 71.7 Å². The fraction of sp³-hybridized carbons (Fsp3) is 0.0556. The molecule has 0 saturated heterocycles. The lowest BCUT2D eigenvalue weighted by atomic mass is 10.2. The molecule has 7 heteroatoms. The second-order valence-corrected chi connectivity index (χ2v) is 7.10. The highest BCUT2D eigenvalue weighted by atomic mass is 32.2. The second-order valence-electron chi connectivity index (χ2n) is 5.45. The molecule has 1 aromatic heterocycles. The molecular formula is C18H14FN3O2S. The van der Waals surface area contributed by atoms with Crippen LogP contribution in [0.3, 0.4) is 0 Å². The van der Waals surface area contributed by atoms with E-state index in [1.807, 2.05) is 30.3 Å². The van der Waals surface area contributed by atoms with Gasteiger partial charge in [-0.05, 0) is 36.8 Å². The summed E-state index contributed by atoms with van der Waals surface area (Å²) in [6, 6.07) is 16.1. The third-order valence-corrected chi connectivity index (χ3v) is 5.18. The number of H-pyrrole nitrogens is 1. The molecule has 0 spiro atoms. The van der Waals surface area contributed by atoms with Crippen LogP contribution in [0.5, 0.6) is 0 Å². The smallest absolute Gasteiger partial charge is 0.263 e. The Morgan fingerprint density at radius 2 is 1.84 bits per heavy atom. The van der Waals surface area contributed by atoms with Crippen molar-refractivity contribution in [1.82, 2.24) is 4.98 Å². The first-order valence-electron chi connectivity index (χ1n) is 7.38. The fourth-order valence-electron chi connectivity index (χ4n) is 2.46. The number of aromatic amines is 1. The van der Waals surface area contributed by atoms with E-state index in [0.717, 1.165) is 11.6 Å². The van der Waals surface area contributed by atoms with Gasteiger partial charge >= 0.3 is 0 Å². The number of halogens is 1. The third-order valence-electron chi connectivity index (χ3n) is 3.68. The number of nitrogens with one attached hydrogen (secondary N) is 2. The minimum atomic E-state index is -3.98. The molecule has 0 aliphatic rings. The molecule has 3 rings (SSSR count). The highest BCUT2D eigenvalue weighted by Gasteiger charge is 2.21. The Morgan fingerprint density at radius 3 is 2.48 bits per heavy atom. The van der Waals surface area contributed by atoms with Gasteiger partial charge in [0.1, 0.15) is 10.7 Å². The normalized spacial score (nSPS) is 11.1. The summed E-state index contributed by atoms with van der Waals surface area (Å²) in [5.74, 6) is -0.806. The Bertz CT molecular complexity index is 1070. The summed E-state index contributed by atoms with van der Waals surface area (Å²) >= 11 is 0. The number of benzene rings is 2. The Morgan fingerprint density at radius 1 is 1.12 bits per heavy atom. The van der Waals surface area contributed by atoms with Gasteiger partial charge in [-0.2, -0.15) is 5.26 Å². The van der Waals surface area contributed by atoms with E-state index in [-0.39, 0.29) is 16.1 Å². The lowest BCUT2D eigenvalue weighted by Gasteiger charge is -2.08. The van der Waals surface area contributed by atoms with Crippen LogP contribution in [-0.2, 0) is 10.0 Å². The maximum atomic E-state index is 14.0. The van der Waals surface area contributed by atoms with Gasteiger partial charge in [0.2, 0.25) is 0 Å². The number of nitriles is 1. The maximum absolute atomic E-state index is 14.0. The first-order valence-corrected chi connectivity index (χ1v) is 8.86. The van der Waals surface area contributed by atoms with Crippen LogP contribution < -0.4 is 4.72 Å². The minimum absolute atomic E-state index is 0.0371. The molecule has 0 amide bonds. The monoisotopic (exact) mass is 355 g/mol. The van der Waals surface area contributed by atoms with Crippen LogP contribution in [0.15, 0.2) is 59.5 Å². The third kappa shape index (κ3) is 3.39. The fourth-order valence-corrected chi connectivity index (χ4v) is 3.75. The minimum Gasteiger partial charge on any atom is -0.357 e. The van der Waals surface area contributed by atoms with Gasteiger partial charge < -0.3 is 4.98 Å². The van der Waals surface area contributed by atoms with Gasteiger partial charge in [0.25, 0.3) is 10.0 Å². The number of hydrogen-bond acceptors (Lipinski definition) is 3. The zero-order valence-electron chi connectivity index (χ0n) is 13.2. The molecule has 0 saturated carbocycles. The largest absolute Gasteiger partial charge is 0.357 e. The van der Waals surface area contributed by atoms with E-state index in [4.69, 9.17) is 5.26 Å². The summed E-state index contributed by atoms with van der Waals surface area (Å²) in [7, 11) is -3.98. The van der Waals surface area contributed by atoms with Gasteiger partial charge in [-0.1, -0.05) is 30.3 Å². The first-order chi connectivity index (χ1) is 11.9. The quantitative estimate of drug-likeness (QED) is 0.746. The number of sulfonamides is 1. The average Bonchev–Trinajstić information content (AvgIpc) is 3.00. The number of anilines is 1. The summed E-state index contributed by atoms with van der Waals surface area (Å²) < 4.78 is 41.4. The highest BCUT2D eigenvalue weighted by molar-refractivity contribution is 7.92. The molecular weight excluding hydrogens is 341 g/mol. The van der Waals surface area contributed by atoms with E-state index in [2.05, 4.69) is 9.71 Å². The summed E-state index contributed by atoms with van der Waals surface area (Å²) in [6.45, 7) is 1.64. The van der Waals surface area contributed by atoms with Gasteiger partial charge in [0.15, 0.2) is 0 Å². The van der Waals surface area contributed by atoms with E-state index >= 15 is 0 Å². The predicted molar refractivity (Wildman–Crippen MR) is 92.9 cm³/mol. The molecule has 2 N–H and O–H groups in total. The molecule has 5 nitrogen and oxygen atoms in total. The zero-order valence-corrected chi connectivity index (χ0v) is 14.1. The number of rotatable bonds is 4. The van der Waals surface area contributed by atoms with Crippen LogP contribution in [0.1, 0.15) is 11.3 Å². The average molecular weight is 355 g/mol. The van der Waals surface area contributed by atoms with Crippen LogP contribution in [0.2, 0.25) is 0 Å². The molecule has 0 bridgehead atoms. The van der Waals surface area contributed by atoms with Crippen molar-refractivity contribution in [2.45, 2.75) is 11.8 Å². The van der Waals surface area contributed by atoms with Crippen LogP contribution in [-0.4, -0.2) is 13.4 Å². The molecule has 126 valence electrons. The molecule has 0 unspecified atom stereocenters. The Kier molecular flexibility index (Phi) is 4.30. The summed E-state index contributed by atoms with van der Waals surface area (Å²) in [5.41, 5.74) is 1.85. The van der Waals surface area contributed by atoms with Crippen molar-refractivity contribution in [2.75, 3.05) is 4.72 Å². The van der Waals surface area contributed by atoms with E-state index < -0.39 is 15.8 Å². The summed E-state index contributed by atoms with van der Waals surface area (Å²) in [4.78, 5) is 3.07. The molecule has 3 aromatic rings. The van der Waals surface area contributed by atoms with Gasteiger partial charge in [0.05, 0.1) is 17.3 Å². The van der Waals surface area contributed by atoms with Crippen LogP contribution in [0, 0.1) is 24.1 Å².